The van der Waals surface area contributed by atoms with E-state index < -0.39 is 10.0 Å². The quantitative estimate of drug-likeness (QED) is 0.569. The molecule has 1 amide bonds. The van der Waals surface area contributed by atoms with Crippen LogP contribution >= 0.6 is 0 Å². The van der Waals surface area contributed by atoms with Crippen LogP contribution in [0.1, 0.15) is 91.9 Å². The lowest BCUT2D eigenvalue weighted by molar-refractivity contribution is -0.133. The standard InChI is InChI=1S/C21H37NO3S/c1-5-7-8-9-11-16(10-6-2)19(23)22-18-14-17-12-13-21(18,20(17,3)4)15-26(22,24)25/h16-18H,5-15H2,1-4H3/t16-,17?,18?,21?/m1/s1. The number of sulfonamides is 1. The third kappa shape index (κ3) is 2.93. The second kappa shape index (κ2) is 7.10. The average Bonchev–Trinajstić information content (AvgIpc) is 3.04. The fourth-order valence-electron chi connectivity index (χ4n) is 6.32. The first-order valence-electron chi connectivity index (χ1n) is 10.8. The Morgan fingerprint density at radius 1 is 1.12 bits per heavy atom. The van der Waals surface area contributed by atoms with Gasteiger partial charge in [-0.1, -0.05) is 59.8 Å². The van der Waals surface area contributed by atoms with E-state index in [0.29, 0.717) is 5.92 Å². The maximum absolute atomic E-state index is 13.4. The molecule has 1 saturated heterocycles. The van der Waals surface area contributed by atoms with Crippen molar-refractivity contribution in [3.05, 3.63) is 0 Å². The van der Waals surface area contributed by atoms with Gasteiger partial charge >= 0.3 is 0 Å². The maximum Gasteiger partial charge on any atom is 0.239 e. The van der Waals surface area contributed by atoms with Crippen molar-refractivity contribution in [3.8, 4) is 0 Å². The Morgan fingerprint density at radius 3 is 2.46 bits per heavy atom. The van der Waals surface area contributed by atoms with Crippen molar-refractivity contribution in [1.82, 2.24) is 4.31 Å². The monoisotopic (exact) mass is 383 g/mol. The smallest absolute Gasteiger partial charge is 0.239 e. The number of carbonyl (C=O) groups is 1. The number of hydrogen-bond acceptors (Lipinski definition) is 3. The minimum absolute atomic E-state index is 0.0289. The van der Waals surface area contributed by atoms with E-state index in [4.69, 9.17) is 0 Å². The summed E-state index contributed by atoms with van der Waals surface area (Å²) in [6, 6.07) is -0.0799. The fraction of sp³-hybridized carbons (Fsp3) is 0.952. The van der Waals surface area contributed by atoms with Gasteiger partial charge in [0.2, 0.25) is 15.9 Å². The van der Waals surface area contributed by atoms with Gasteiger partial charge in [0.1, 0.15) is 0 Å². The minimum Gasteiger partial charge on any atom is -0.273 e. The molecule has 1 heterocycles. The molecule has 4 atom stereocenters. The summed E-state index contributed by atoms with van der Waals surface area (Å²) in [5.41, 5.74) is -0.174. The van der Waals surface area contributed by atoms with Gasteiger partial charge in [-0.15, -0.1) is 0 Å². The molecule has 1 spiro atoms. The van der Waals surface area contributed by atoms with Gasteiger partial charge in [-0.3, -0.25) is 4.79 Å². The third-order valence-electron chi connectivity index (χ3n) is 8.02. The Morgan fingerprint density at radius 2 is 1.85 bits per heavy atom. The Bertz CT molecular complexity index is 642. The zero-order valence-electron chi connectivity index (χ0n) is 17.1. The van der Waals surface area contributed by atoms with Crippen LogP contribution < -0.4 is 0 Å². The predicted molar refractivity (Wildman–Crippen MR) is 105 cm³/mol. The molecule has 0 radical (unpaired) electrons. The molecule has 150 valence electrons. The van der Waals surface area contributed by atoms with E-state index in [1.807, 2.05) is 0 Å². The summed E-state index contributed by atoms with van der Waals surface area (Å²) < 4.78 is 27.6. The number of fused-ring (bicyclic) bond motifs is 1. The Kier molecular flexibility index (Phi) is 5.51. The highest BCUT2D eigenvalue weighted by Gasteiger charge is 2.72. The Labute approximate surface area is 160 Å². The second-order valence-electron chi connectivity index (χ2n) is 9.59. The van der Waals surface area contributed by atoms with Gasteiger partial charge in [0, 0.05) is 11.3 Å². The number of unbranched alkanes of at least 4 members (excludes halogenated alkanes) is 3. The molecule has 0 N–H and O–H groups in total. The van der Waals surface area contributed by atoms with E-state index in [1.165, 1.54) is 17.1 Å². The molecule has 1 aliphatic heterocycles. The summed E-state index contributed by atoms with van der Waals surface area (Å²) in [4.78, 5) is 13.4. The van der Waals surface area contributed by atoms with E-state index in [-0.39, 0.29) is 34.4 Å². The summed E-state index contributed by atoms with van der Waals surface area (Å²) in [7, 11) is -3.48. The summed E-state index contributed by atoms with van der Waals surface area (Å²) in [5, 5.41) is 0. The topological polar surface area (TPSA) is 54.5 Å². The van der Waals surface area contributed by atoms with Crippen molar-refractivity contribution in [3.63, 3.8) is 0 Å². The zero-order chi connectivity index (χ0) is 19.2. The van der Waals surface area contributed by atoms with Gasteiger partial charge in [0.15, 0.2) is 0 Å². The highest BCUT2D eigenvalue weighted by molar-refractivity contribution is 7.90. The molecule has 0 aromatic carbocycles. The van der Waals surface area contributed by atoms with Crippen LogP contribution in [-0.4, -0.2) is 30.4 Å². The normalized spacial score (nSPS) is 34.8. The van der Waals surface area contributed by atoms with Gasteiger partial charge in [-0.2, -0.15) is 0 Å². The molecule has 2 bridgehead atoms. The van der Waals surface area contributed by atoms with Crippen LogP contribution in [0.25, 0.3) is 0 Å². The third-order valence-corrected chi connectivity index (χ3v) is 9.93. The Hall–Kier alpha value is -0.580. The molecule has 3 fully saturated rings. The summed E-state index contributed by atoms with van der Waals surface area (Å²) >= 11 is 0. The van der Waals surface area contributed by atoms with Crippen molar-refractivity contribution in [2.75, 3.05) is 5.75 Å². The molecule has 0 aromatic rings. The van der Waals surface area contributed by atoms with Crippen LogP contribution in [0.15, 0.2) is 0 Å². The van der Waals surface area contributed by atoms with Gasteiger partial charge < -0.3 is 0 Å². The lowest BCUT2D eigenvalue weighted by Crippen LogP contribution is -2.46. The molecular formula is C21H37NO3S. The van der Waals surface area contributed by atoms with E-state index >= 15 is 0 Å². The summed E-state index contributed by atoms with van der Waals surface area (Å²) in [6.45, 7) is 8.75. The molecule has 0 aromatic heterocycles. The fourth-order valence-corrected chi connectivity index (χ4v) is 8.91. The molecule has 4 nitrogen and oxygen atoms in total. The van der Waals surface area contributed by atoms with E-state index in [0.717, 1.165) is 51.4 Å². The van der Waals surface area contributed by atoms with E-state index in [1.54, 1.807) is 0 Å². The zero-order valence-corrected chi connectivity index (χ0v) is 17.9. The first-order valence-corrected chi connectivity index (χ1v) is 12.4. The highest BCUT2D eigenvalue weighted by atomic mass is 32.2. The maximum atomic E-state index is 13.4. The molecule has 26 heavy (non-hydrogen) atoms. The van der Waals surface area contributed by atoms with Crippen molar-refractivity contribution in [2.24, 2.45) is 22.7 Å². The summed E-state index contributed by atoms with van der Waals surface area (Å²) in [6.07, 6.45) is 10.1. The van der Waals surface area contributed by atoms with Crippen molar-refractivity contribution in [2.45, 2.75) is 97.9 Å². The number of carbonyl (C=O) groups excluding carboxylic acids is 1. The van der Waals surface area contributed by atoms with Crippen molar-refractivity contribution < 1.29 is 13.2 Å². The van der Waals surface area contributed by atoms with Crippen molar-refractivity contribution >= 4 is 15.9 Å². The summed E-state index contributed by atoms with van der Waals surface area (Å²) in [5.74, 6) is 0.541. The SMILES string of the molecule is CCCCCC[C@@H](CCC)C(=O)N1C2CC3CCC2(CS1(=O)=O)C3(C)C. The lowest BCUT2D eigenvalue weighted by Gasteiger charge is -2.37. The molecular weight excluding hydrogens is 346 g/mol. The van der Waals surface area contributed by atoms with Gasteiger partial charge in [0.25, 0.3) is 0 Å². The molecule has 2 aliphatic carbocycles. The van der Waals surface area contributed by atoms with Crippen LogP contribution in [0, 0.1) is 22.7 Å². The molecule has 5 heteroatoms. The second-order valence-corrected chi connectivity index (χ2v) is 11.4. The molecule has 2 saturated carbocycles. The molecule has 3 aliphatic rings. The minimum atomic E-state index is -3.48. The highest BCUT2D eigenvalue weighted by Crippen LogP contribution is 2.70. The number of hydrogen-bond donors (Lipinski definition) is 0. The van der Waals surface area contributed by atoms with Crippen LogP contribution in [0.4, 0.5) is 0 Å². The van der Waals surface area contributed by atoms with Crippen molar-refractivity contribution in [1.29, 1.82) is 0 Å². The average molecular weight is 384 g/mol. The van der Waals surface area contributed by atoms with E-state index in [2.05, 4.69) is 27.7 Å². The Balaban J connectivity index is 1.81. The van der Waals surface area contributed by atoms with Crippen LogP contribution in [0.3, 0.4) is 0 Å². The van der Waals surface area contributed by atoms with Crippen LogP contribution in [0.2, 0.25) is 0 Å². The first kappa shape index (κ1) is 20.2. The molecule has 3 unspecified atom stereocenters. The number of amides is 1. The molecule has 3 rings (SSSR count). The van der Waals surface area contributed by atoms with Crippen LogP contribution in [0.5, 0.6) is 0 Å². The first-order chi connectivity index (χ1) is 12.2. The van der Waals surface area contributed by atoms with Gasteiger partial charge in [0.05, 0.1) is 11.8 Å². The predicted octanol–water partition coefficient (Wildman–Crippen LogP) is 4.74. The number of nitrogens with zero attached hydrogens (tertiary/aromatic N) is 1. The largest absolute Gasteiger partial charge is 0.273 e. The van der Waals surface area contributed by atoms with Gasteiger partial charge in [-0.05, 0) is 43.4 Å². The number of rotatable bonds is 8. The van der Waals surface area contributed by atoms with Gasteiger partial charge in [-0.25, -0.2) is 12.7 Å². The van der Waals surface area contributed by atoms with Crippen LogP contribution in [-0.2, 0) is 14.8 Å². The lowest BCUT2D eigenvalue weighted by atomic mass is 9.69. The van der Waals surface area contributed by atoms with E-state index in [9.17, 15) is 13.2 Å².